The van der Waals surface area contributed by atoms with Gasteiger partial charge >= 0.3 is 5.97 Å². The molecule has 0 radical (unpaired) electrons. The Balaban J connectivity index is 1.45. The minimum atomic E-state index is -0.589. The number of nitrogens with one attached hydrogen (secondary N) is 1. The number of carbonyl (C=O) groups excluding carboxylic acids is 3. The number of benzene rings is 1. The lowest BCUT2D eigenvalue weighted by Gasteiger charge is -2.06. The molecule has 9 heteroatoms. The van der Waals surface area contributed by atoms with Gasteiger partial charge in [-0.2, -0.15) is 8.75 Å². The molecule has 1 aromatic carbocycles. The summed E-state index contributed by atoms with van der Waals surface area (Å²) in [6, 6.07) is 8.72. The quantitative estimate of drug-likeness (QED) is 0.504. The zero-order chi connectivity index (χ0) is 17.6. The van der Waals surface area contributed by atoms with E-state index in [9.17, 15) is 14.4 Å². The lowest BCUT2D eigenvalue weighted by molar-refractivity contribution is -0.147. The highest BCUT2D eigenvalue weighted by atomic mass is 32.1. The van der Waals surface area contributed by atoms with Crippen LogP contribution >= 0.6 is 23.1 Å². The third kappa shape index (κ3) is 4.46. The average Bonchev–Trinajstić information content (AvgIpc) is 3.29. The number of amides is 1. The van der Waals surface area contributed by atoms with Crippen LogP contribution < -0.4 is 5.32 Å². The minimum absolute atomic E-state index is 0.0599. The van der Waals surface area contributed by atoms with Crippen LogP contribution in [-0.2, 0) is 14.3 Å². The van der Waals surface area contributed by atoms with Crippen molar-refractivity contribution in [3.63, 3.8) is 0 Å². The molecule has 0 fully saturated rings. The number of hydrogen-bond acceptors (Lipinski definition) is 8. The molecule has 0 atom stereocenters. The Hall–Kier alpha value is -2.65. The SMILES string of the molecule is O=C(COC(=O)CCC(=O)c1cccs1)Nc1cccc2nsnc12. The average molecular weight is 375 g/mol. The maximum atomic E-state index is 11.9. The number of hydrogen-bond donors (Lipinski definition) is 1. The molecule has 3 rings (SSSR count). The molecular weight excluding hydrogens is 362 g/mol. The van der Waals surface area contributed by atoms with E-state index in [1.807, 2.05) is 0 Å². The second-order valence-electron chi connectivity index (χ2n) is 5.05. The molecular formula is C16H13N3O4S2. The van der Waals surface area contributed by atoms with Crippen molar-refractivity contribution in [1.29, 1.82) is 0 Å². The minimum Gasteiger partial charge on any atom is -0.456 e. The first-order chi connectivity index (χ1) is 12.1. The summed E-state index contributed by atoms with van der Waals surface area (Å²) in [6.45, 7) is -0.417. The van der Waals surface area contributed by atoms with E-state index >= 15 is 0 Å². The van der Waals surface area contributed by atoms with Gasteiger partial charge in [0.25, 0.3) is 5.91 Å². The Kier molecular flexibility index (Phi) is 5.46. The van der Waals surface area contributed by atoms with Crippen LogP contribution in [0.15, 0.2) is 35.7 Å². The number of aromatic nitrogens is 2. The second-order valence-corrected chi connectivity index (χ2v) is 6.52. The molecule has 2 heterocycles. The lowest BCUT2D eigenvalue weighted by atomic mass is 10.2. The summed E-state index contributed by atoms with van der Waals surface area (Å²) in [4.78, 5) is 36.0. The predicted molar refractivity (Wildman–Crippen MR) is 94.9 cm³/mol. The molecule has 0 aliphatic heterocycles. The molecule has 3 aromatic rings. The smallest absolute Gasteiger partial charge is 0.306 e. The number of ether oxygens (including phenoxy) is 1. The topological polar surface area (TPSA) is 98.2 Å². The van der Waals surface area contributed by atoms with Crippen molar-refractivity contribution in [2.75, 3.05) is 11.9 Å². The van der Waals surface area contributed by atoms with Gasteiger partial charge in [0.15, 0.2) is 12.4 Å². The van der Waals surface area contributed by atoms with Crippen molar-refractivity contribution in [1.82, 2.24) is 8.75 Å². The lowest BCUT2D eigenvalue weighted by Crippen LogP contribution is -2.21. The molecule has 0 bridgehead atoms. The molecule has 0 saturated carbocycles. The fourth-order valence-electron chi connectivity index (χ4n) is 2.09. The van der Waals surface area contributed by atoms with Gasteiger partial charge in [-0.25, -0.2) is 0 Å². The van der Waals surface area contributed by atoms with E-state index in [1.165, 1.54) is 11.3 Å². The van der Waals surface area contributed by atoms with Crippen molar-refractivity contribution in [2.24, 2.45) is 0 Å². The van der Waals surface area contributed by atoms with Gasteiger partial charge in [0.2, 0.25) is 0 Å². The van der Waals surface area contributed by atoms with Crippen LogP contribution in [0, 0.1) is 0 Å². The molecule has 2 aromatic heterocycles. The van der Waals surface area contributed by atoms with Gasteiger partial charge in [0.05, 0.1) is 28.7 Å². The summed E-state index contributed by atoms with van der Waals surface area (Å²) < 4.78 is 13.1. The van der Waals surface area contributed by atoms with Crippen molar-refractivity contribution in [3.8, 4) is 0 Å². The fraction of sp³-hybridized carbons (Fsp3) is 0.188. The van der Waals surface area contributed by atoms with Gasteiger partial charge < -0.3 is 10.1 Å². The van der Waals surface area contributed by atoms with E-state index < -0.39 is 18.5 Å². The van der Waals surface area contributed by atoms with Gasteiger partial charge in [-0.3, -0.25) is 14.4 Å². The number of esters is 1. The first-order valence-electron chi connectivity index (χ1n) is 7.37. The van der Waals surface area contributed by atoms with Gasteiger partial charge in [0.1, 0.15) is 11.0 Å². The number of Topliss-reactive ketones (excluding diaryl/α,β-unsaturated/α-hetero) is 1. The summed E-state index contributed by atoms with van der Waals surface area (Å²) in [7, 11) is 0. The summed E-state index contributed by atoms with van der Waals surface area (Å²) in [6.07, 6.45) is 0.000365. The maximum absolute atomic E-state index is 11.9. The number of fused-ring (bicyclic) bond motifs is 1. The number of anilines is 1. The van der Waals surface area contributed by atoms with E-state index in [0.29, 0.717) is 21.6 Å². The fourth-order valence-corrected chi connectivity index (χ4v) is 3.33. The third-order valence-corrected chi connectivity index (χ3v) is 4.73. The summed E-state index contributed by atoms with van der Waals surface area (Å²) in [5.74, 6) is -1.17. The van der Waals surface area contributed by atoms with Gasteiger partial charge in [-0.05, 0) is 23.6 Å². The van der Waals surface area contributed by atoms with E-state index in [4.69, 9.17) is 4.74 Å². The van der Waals surface area contributed by atoms with E-state index in [2.05, 4.69) is 14.1 Å². The zero-order valence-corrected chi connectivity index (χ0v) is 14.6. The molecule has 25 heavy (non-hydrogen) atoms. The monoisotopic (exact) mass is 375 g/mol. The molecule has 7 nitrogen and oxygen atoms in total. The van der Waals surface area contributed by atoms with Crippen LogP contribution in [0.2, 0.25) is 0 Å². The molecule has 128 valence electrons. The molecule has 0 spiro atoms. The van der Waals surface area contributed by atoms with Crippen LogP contribution in [0.4, 0.5) is 5.69 Å². The Morgan fingerprint density at radius 2 is 1.96 bits per heavy atom. The predicted octanol–water partition coefficient (Wildman–Crippen LogP) is 2.90. The Morgan fingerprint density at radius 3 is 2.76 bits per heavy atom. The highest BCUT2D eigenvalue weighted by molar-refractivity contribution is 7.12. The number of thiophene rings is 1. The highest BCUT2D eigenvalue weighted by Crippen LogP contribution is 2.21. The number of rotatable bonds is 7. The number of carbonyl (C=O) groups is 3. The number of nitrogens with zero attached hydrogens (tertiary/aromatic N) is 2. The Labute approximate surface area is 151 Å². The first-order valence-corrected chi connectivity index (χ1v) is 8.98. The largest absolute Gasteiger partial charge is 0.456 e. The standard InChI is InChI=1S/C16H13N3O4S2/c20-12(13-5-2-8-24-13)6-7-15(22)23-9-14(21)17-10-3-1-4-11-16(10)19-25-18-11/h1-5,8H,6-7,9H2,(H,17,21). The van der Waals surface area contributed by atoms with Gasteiger partial charge in [0, 0.05) is 6.42 Å². The van der Waals surface area contributed by atoms with Crippen LogP contribution in [0.5, 0.6) is 0 Å². The maximum Gasteiger partial charge on any atom is 0.306 e. The van der Waals surface area contributed by atoms with E-state index in [-0.39, 0.29) is 18.6 Å². The van der Waals surface area contributed by atoms with E-state index in [1.54, 1.807) is 35.7 Å². The molecule has 0 aliphatic carbocycles. The molecule has 1 amide bonds. The third-order valence-electron chi connectivity index (χ3n) is 3.28. The summed E-state index contributed by atoms with van der Waals surface area (Å²) >= 11 is 2.38. The normalized spacial score (nSPS) is 10.6. The van der Waals surface area contributed by atoms with Crippen molar-refractivity contribution >= 4 is 57.4 Å². The van der Waals surface area contributed by atoms with Crippen LogP contribution in [0.1, 0.15) is 22.5 Å². The molecule has 0 unspecified atom stereocenters. The van der Waals surface area contributed by atoms with Crippen LogP contribution in [0.25, 0.3) is 11.0 Å². The molecule has 1 N–H and O–H groups in total. The van der Waals surface area contributed by atoms with E-state index in [0.717, 1.165) is 11.7 Å². The van der Waals surface area contributed by atoms with Crippen molar-refractivity contribution in [2.45, 2.75) is 12.8 Å². The summed E-state index contributed by atoms with van der Waals surface area (Å²) in [5, 5.41) is 4.44. The number of ketones is 1. The van der Waals surface area contributed by atoms with Gasteiger partial charge in [-0.1, -0.05) is 12.1 Å². The molecule has 0 saturated heterocycles. The Morgan fingerprint density at radius 1 is 1.08 bits per heavy atom. The molecule has 0 aliphatic rings. The highest BCUT2D eigenvalue weighted by Gasteiger charge is 2.13. The Bertz CT molecular complexity index is 905. The van der Waals surface area contributed by atoms with Crippen molar-refractivity contribution in [3.05, 3.63) is 40.6 Å². The second kappa shape index (κ2) is 7.95. The van der Waals surface area contributed by atoms with Gasteiger partial charge in [-0.15, -0.1) is 11.3 Å². The van der Waals surface area contributed by atoms with Crippen molar-refractivity contribution < 1.29 is 19.1 Å². The zero-order valence-electron chi connectivity index (χ0n) is 12.9. The van der Waals surface area contributed by atoms with Crippen LogP contribution in [0.3, 0.4) is 0 Å². The van der Waals surface area contributed by atoms with Crippen LogP contribution in [-0.4, -0.2) is 33.0 Å². The first kappa shape index (κ1) is 17.2. The summed E-state index contributed by atoms with van der Waals surface area (Å²) in [5.41, 5.74) is 1.79.